The fourth-order valence-corrected chi connectivity index (χ4v) is 2.12. The minimum absolute atomic E-state index is 0.103. The Bertz CT molecular complexity index is 772. The summed E-state index contributed by atoms with van der Waals surface area (Å²) in [7, 11) is 0. The van der Waals surface area contributed by atoms with Crippen LogP contribution in [0.25, 0.3) is 11.5 Å². The van der Waals surface area contributed by atoms with Crippen LogP contribution < -0.4 is 0 Å². The van der Waals surface area contributed by atoms with Gasteiger partial charge >= 0.3 is 0 Å². The third-order valence-corrected chi connectivity index (χ3v) is 3.61. The molecule has 0 fully saturated rings. The van der Waals surface area contributed by atoms with E-state index in [1.165, 1.54) is 12.1 Å². The van der Waals surface area contributed by atoms with Crippen molar-refractivity contribution in [3.05, 3.63) is 64.1 Å². The van der Waals surface area contributed by atoms with Crippen LogP contribution in [0.4, 0.5) is 4.39 Å². The summed E-state index contributed by atoms with van der Waals surface area (Å²) in [5, 5.41) is 13.5. The van der Waals surface area contributed by atoms with Gasteiger partial charge in [0.15, 0.2) is 5.82 Å². The first-order chi connectivity index (χ1) is 10.1. The molecule has 4 nitrogen and oxygen atoms in total. The molecule has 21 heavy (non-hydrogen) atoms. The number of phenols is 1. The van der Waals surface area contributed by atoms with Crippen molar-refractivity contribution in [3.8, 4) is 17.2 Å². The minimum Gasteiger partial charge on any atom is -0.507 e. The molecule has 0 aliphatic carbocycles. The van der Waals surface area contributed by atoms with Gasteiger partial charge in [0.2, 0.25) is 0 Å². The number of nitrogens with zero attached hydrogens (tertiary/aromatic N) is 2. The number of hydrogen-bond donors (Lipinski definition) is 1. The number of halogens is 2. The van der Waals surface area contributed by atoms with Crippen LogP contribution in [0, 0.1) is 5.82 Å². The van der Waals surface area contributed by atoms with Crippen molar-refractivity contribution in [1.82, 2.24) is 10.1 Å². The Morgan fingerprint density at radius 3 is 2.62 bits per heavy atom. The van der Waals surface area contributed by atoms with Crippen LogP contribution in [0.2, 0.25) is 0 Å². The lowest BCUT2D eigenvalue weighted by Gasteiger charge is -1.98. The van der Waals surface area contributed by atoms with Gasteiger partial charge in [-0.3, -0.25) is 0 Å². The van der Waals surface area contributed by atoms with Gasteiger partial charge in [0.1, 0.15) is 11.6 Å². The Kier molecular flexibility index (Phi) is 3.70. The molecule has 1 heterocycles. The van der Waals surface area contributed by atoms with E-state index in [0.717, 1.165) is 5.56 Å². The zero-order chi connectivity index (χ0) is 14.8. The standard InChI is InChI=1S/C15H10BrFN2O2/c16-12-6-3-10(8-13(12)20)15-18-14(19-21-15)7-9-1-4-11(17)5-2-9/h1-6,8,20H,7H2. The SMILES string of the molecule is Oc1cc(-c2nc(Cc3ccc(F)cc3)no2)ccc1Br. The zero-order valence-electron chi connectivity index (χ0n) is 10.8. The molecule has 0 saturated heterocycles. The molecule has 0 bridgehead atoms. The number of phenolic OH excluding ortho intramolecular Hbond substituents is 1. The highest BCUT2D eigenvalue weighted by Gasteiger charge is 2.11. The first kappa shape index (κ1) is 13.8. The van der Waals surface area contributed by atoms with Gasteiger partial charge in [-0.05, 0) is 51.8 Å². The molecule has 3 rings (SSSR count). The summed E-state index contributed by atoms with van der Waals surface area (Å²) >= 11 is 3.21. The summed E-state index contributed by atoms with van der Waals surface area (Å²) in [6.07, 6.45) is 0.451. The van der Waals surface area contributed by atoms with Gasteiger partial charge < -0.3 is 9.63 Å². The third-order valence-electron chi connectivity index (χ3n) is 2.94. The van der Waals surface area contributed by atoms with Crippen molar-refractivity contribution < 1.29 is 14.0 Å². The van der Waals surface area contributed by atoms with Crippen molar-refractivity contribution in [2.45, 2.75) is 6.42 Å². The maximum absolute atomic E-state index is 12.8. The topological polar surface area (TPSA) is 59.2 Å². The Morgan fingerprint density at radius 2 is 1.90 bits per heavy atom. The summed E-state index contributed by atoms with van der Waals surface area (Å²) < 4.78 is 18.6. The van der Waals surface area contributed by atoms with Crippen LogP contribution in [0.15, 0.2) is 51.5 Å². The summed E-state index contributed by atoms with van der Waals surface area (Å²) in [6.45, 7) is 0. The molecule has 0 unspecified atom stereocenters. The summed E-state index contributed by atoms with van der Waals surface area (Å²) in [4.78, 5) is 4.27. The van der Waals surface area contributed by atoms with E-state index in [1.54, 1.807) is 30.3 Å². The Hall–Kier alpha value is -2.21. The van der Waals surface area contributed by atoms with Crippen molar-refractivity contribution in [2.75, 3.05) is 0 Å². The van der Waals surface area contributed by atoms with E-state index in [9.17, 15) is 9.50 Å². The molecule has 0 radical (unpaired) electrons. The van der Waals surface area contributed by atoms with Gasteiger partial charge in [-0.15, -0.1) is 0 Å². The lowest BCUT2D eigenvalue weighted by Crippen LogP contribution is -1.91. The van der Waals surface area contributed by atoms with Crippen LogP contribution in [-0.2, 0) is 6.42 Å². The Morgan fingerprint density at radius 1 is 1.14 bits per heavy atom. The van der Waals surface area contributed by atoms with Gasteiger partial charge in [0.05, 0.1) is 4.47 Å². The number of aromatic hydroxyl groups is 1. The van der Waals surface area contributed by atoms with E-state index in [4.69, 9.17) is 4.52 Å². The van der Waals surface area contributed by atoms with Crippen LogP contribution >= 0.6 is 15.9 Å². The number of rotatable bonds is 3. The molecule has 1 aromatic heterocycles. The van der Waals surface area contributed by atoms with Gasteiger partial charge in [-0.1, -0.05) is 17.3 Å². The van der Waals surface area contributed by atoms with Crippen molar-refractivity contribution in [3.63, 3.8) is 0 Å². The smallest absolute Gasteiger partial charge is 0.258 e. The highest BCUT2D eigenvalue weighted by molar-refractivity contribution is 9.10. The van der Waals surface area contributed by atoms with Crippen LogP contribution in [0.3, 0.4) is 0 Å². The van der Waals surface area contributed by atoms with E-state index >= 15 is 0 Å². The van der Waals surface area contributed by atoms with E-state index in [-0.39, 0.29) is 11.6 Å². The zero-order valence-corrected chi connectivity index (χ0v) is 12.3. The minimum atomic E-state index is -0.280. The first-order valence-electron chi connectivity index (χ1n) is 6.18. The van der Waals surface area contributed by atoms with Gasteiger partial charge in [-0.2, -0.15) is 4.98 Å². The predicted octanol–water partition coefficient (Wildman–Crippen LogP) is 3.93. The number of hydrogen-bond acceptors (Lipinski definition) is 4. The normalized spacial score (nSPS) is 10.8. The molecule has 0 amide bonds. The van der Waals surface area contributed by atoms with Crippen LogP contribution in [-0.4, -0.2) is 15.2 Å². The van der Waals surface area contributed by atoms with Gasteiger partial charge in [-0.25, -0.2) is 4.39 Å². The third kappa shape index (κ3) is 3.11. The number of benzene rings is 2. The second kappa shape index (κ2) is 5.65. The molecule has 0 saturated carbocycles. The molecule has 0 aliphatic rings. The molecular weight excluding hydrogens is 339 g/mol. The fraction of sp³-hybridized carbons (Fsp3) is 0.0667. The maximum Gasteiger partial charge on any atom is 0.258 e. The lowest BCUT2D eigenvalue weighted by molar-refractivity contribution is 0.423. The summed E-state index contributed by atoms with van der Waals surface area (Å²) in [5.74, 6) is 0.651. The average Bonchev–Trinajstić information content (AvgIpc) is 2.93. The molecule has 106 valence electrons. The second-order valence-corrected chi connectivity index (χ2v) is 5.34. The van der Waals surface area contributed by atoms with E-state index in [1.807, 2.05) is 0 Å². The lowest BCUT2D eigenvalue weighted by atomic mass is 10.1. The fourth-order valence-electron chi connectivity index (χ4n) is 1.87. The van der Waals surface area contributed by atoms with Crippen LogP contribution in [0.1, 0.15) is 11.4 Å². The summed E-state index contributed by atoms with van der Waals surface area (Å²) in [6, 6.07) is 11.1. The Labute approximate surface area is 128 Å². The maximum atomic E-state index is 12.8. The Balaban J connectivity index is 1.82. The van der Waals surface area contributed by atoms with Gasteiger partial charge in [0, 0.05) is 12.0 Å². The van der Waals surface area contributed by atoms with Crippen molar-refractivity contribution >= 4 is 15.9 Å². The second-order valence-electron chi connectivity index (χ2n) is 4.49. The van der Waals surface area contributed by atoms with Gasteiger partial charge in [0.25, 0.3) is 5.89 Å². The molecule has 0 spiro atoms. The molecule has 1 N–H and O–H groups in total. The largest absolute Gasteiger partial charge is 0.507 e. The molecule has 0 aliphatic heterocycles. The first-order valence-corrected chi connectivity index (χ1v) is 6.97. The van der Waals surface area contributed by atoms with Crippen LogP contribution in [0.5, 0.6) is 5.75 Å². The molecule has 2 aromatic carbocycles. The monoisotopic (exact) mass is 348 g/mol. The van der Waals surface area contributed by atoms with E-state index in [2.05, 4.69) is 26.1 Å². The quantitative estimate of drug-likeness (QED) is 0.778. The van der Waals surface area contributed by atoms with Crippen molar-refractivity contribution in [1.29, 1.82) is 0 Å². The average molecular weight is 349 g/mol. The molecule has 6 heteroatoms. The van der Waals surface area contributed by atoms with E-state index < -0.39 is 0 Å². The van der Waals surface area contributed by atoms with Crippen molar-refractivity contribution in [2.24, 2.45) is 0 Å². The highest BCUT2D eigenvalue weighted by Crippen LogP contribution is 2.29. The summed E-state index contributed by atoms with van der Waals surface area (Å²) in [5.41, 5.74) is 1.52. The van der Waals surface area contributed by atoms with E-state index in [0.29, 0.717) is 28.2 Å². The molecule has 0 atom stereocenters. The number of aromatic nitrogens is 2. The molecular formula is C15H10BrFN2O2. The highest BCUT2D eigenvalue weighted by atomic mass is 79.9. The molecule has 3 aromatic rings. The predicted molar refractivity (Wildman–Crippen MR) is 78.3 cm³/mol.